The third kappa shape index (κ3) is 5.95. The number of unbranched alkanes of at least 4 members (excludes halogenated alkanes) is 1. The van der Waals surface area contributed by atoms with Crippen LogP contribution in [0.15, 0.2) is 0 Å². The predicted molar refractivity (Wildman–Crippen MR) is 43.5 cm³/mol. The van der Waals surface area contributed by atoms with Gasteiger partial charge >= 0.3 is 0 Å². The van der Waals surface area contributed by atoms with E-state index in [0.717, 1.165) is 12.8 Å². The van der Waals surface area contributed by atoms with E-state index >= 15 is 0 Å². The first-order valence-corrected chi connectivity index (χ1v) is 5.21. The van der Waals surface area contributed by atoms with Crippen molar-refractivity contribution >= 4 is 16.6 Å². The van der Waals surface area contributed by atoms with Gasteiger partial charge in [-0.25, -0.2) is 0 Å². The summed E-state index contributed by atoms with van der Waals surface area (Å²) in [5, 5.41) is 0. The second kappa shape index (κ2) is 5.59. The number of ketones is 1. The van der Waals surface area contributed by atoms with Crippen LogP contribution < -0.4 is 0 Å². The number of carbonyl (C=O) groups excluding carboxylic acids is 1. The molecule has 10 heavy (non-hydrogen) atoms. The van der Waals surface area contributed by atoms with Crippen LogP contribution in [0.1, 0.15) is 26.2 Å². The van der Waals surface area contributed by atoms with Crippen molar-refractivity contribution < 1.29 is 9.00 Å². The van der Waals surface area contributed by atoms with Gasteiger partial charge < -0.3 is 0 Å². The maximum atomic E-state index is 10.8. The SMILES string of the molecule is CCCCC(=O)CS(C)=O. The summed E-state index contributed by atoms with van der Waals surface area (Å²) in [4.78, 5) is 10.8. The molecule has 3 heteroatoms. The topological polar surface area (TPSA) is 34.1 Å². The molecule has 0 aromatic rings. The molecule has 0 heterocycles. The summed E-state index contributed by atoms with van der Waals surface area (Å²) in [5.41, 5.74) is 0. The van der Waals surface area contributed by atoms with Crippen molar-refractivity contribution in [2.45, 2.75) is 26.2 Å². The number of rotatable bonds is 5. The second-order valence-corrected chi connectivity index (χ2v) is 3.79. The monoisotopic (exact) mass is 162 g/mol. The van der Waals surface area contributed by atoms with E-state index < -0.39 is 10.8 Å². The van der Waals surface area contributed by atoms with Gasteiger partial charge in [-0.3, -0.25) is 9.00 Å². The molecule has 0 bridgehead atoms. The second-order valence-electron chi connectivity index (χ2n) is 2.36. The Labute approximate surface area is 64.5 Å². The molecule has 0 amide bonds. The lowest BCUT2D eigenvalue weighted by atomic mass is 10.2. The quantitative estimate of drug-likeness (QED) is 0.607. The Bertz CT molecular complexity index is 132. The number of Topliss-reactive ketones (excluding diaryl/α,β-unsaturated/α-hetero) is 1. The van der Waals surface area contributed by atoms with Gasteiger partial charge in [0.15, 0.2) is 0 Å². The van der Waals surface area contributed by atoms with E-state index in [9.17, 15) is 9.00 Å². The van der Waals surface area contributed by atoms with Crippen molar-refractivity contribution in [2.24, 2.45) is 0 Å². The minimum Gasteiger partial charge on any atom is -0.299 e. The van der Waals surface area contributed by atoms with Crippen molar-refractivity contribution in [3.63, 3.8) is 0 Å². The Morgan fingerprint density at radius 3 is 2.50 bits per heavy atom. The minimum atomic E-state index is -0.949. The molecule has 0 aromatic carbocycles. The Hall–Kier alpha value is -0.180. The molecule has 0 saturated carbocycles. The average molecular weight is 162 g/mol. The van der Waals surface area contributed by atoms with Gasteiger partial charge in [-0.05, 0) is 6.42 Å². The van der Waals surface area contributed by atoms with Crippen LogP contribution in [-0.4, -0.2) is 22.0 Å². The van der Waals surface area contributed by atoms with Crippen LogP contribution in [0, 0.1) is 0 Å². The number of hydrogen-bond acceptors (Lipinski definition) is 2. The van der Waals surface area contributed by atoms with Crippen LogP contribution >= 0.6 is 0 Å². The van der Waals surface area contributed by atoms with Gasteiger partial charge in [0.05, 0.1) is 5.75 Å². The fraction of sp³-hybridized carbons (Fsp3) is 0.857. The van der Waals surface area contributed by atoms with E-state index in [0.29, 0.717) is 6.42 Å². The zero-order valence-corrected chi connectivity index (χ0v) is 7.37. The van der Waals surface area contributed by atoms with E-state index in [-0.39, 0.29) is 11.5 Å². The van der Waals surface area contributed by atoms with E-state index in [1.165, 1.54) is 0 Å². The summed E-state index contributed by atoms with van der Waals surface area (Å²) < 4.78 is 10.5. The molecule has 0 rings (SSSR count). The predicted octanol–water partition coefficient (Wildman–Crippen LogP) is 1.12. The maximum Gasteiger partial charge on any atom is 0.145 e. The van der Waals surface area contributed by atoms with Crippen molar-refractivity contribution in [1.29, 1.82) is 0 Å². The minimum absolute atomic E-state index is 0.127. The summed E-state index contributed by atoms with van der Waals surface area (Å²) in [7, 11) is -0.949. The highest BCUT2D eigenvalue weighted by Gasteiger charge is 2.01. The highest BCUT2D eigenvalue weighted by atomic mass is 32.2. The van der Waals surface area contributed by atoms with Crippen molar-refractivity contribution in [1.82, 2.24) is 0 Å². The van der Waals surface area contributed by atoms with Crippen LogP contribution in [0.5, 0.6) is 0 Å². The molecule has 0 radical (unpaired) electrons. The van der Waals surface area contributed by atoms with Crippen LogP contribution in [0.2, 0.25) is 0 Å². The molecule has 0 aromatic heterocycles. The fourth-order valence-corrected chi connectivity index (χ4v) is 1.27. The number of hydrogen-bond donors (Lipinski definition) is 0. The van der Waals surface area contributed by atoms with Crippen LogP contribution in [0.25, 0.3) is 0 Å². The number of carbonyl (C=O) groups is 1. The van der Waals surface area contributed by atoms with Crippen molar-refractivity contribution in [3.8, 4) is 0 Å². The zero-order valence-electron chi connectivity index (χ0n) is 6.55. The molecule has 0 spiro atoms. The highest BCUT2D eigenvalue weighted by molar-refractivity contribution is 7.85. The lowest BCUT2D eigenvalue weighted by molar-refractivity contribution is -0.116. The molecular weight excluding hydrogens is 148 g/mol. The molecule has 1 atom stereocenters. The third-order valence-electron chi connectivity index (χ3n) is 1.17. The van der Waals surface area contributed by atoms with Gasteiger partial charge in [0.2, 0.25) is 0 Å². The summed E-state index contributed by atoms with van der Waals surface area (Å²) in [6, 6.07) is 0. The molecule has 0 aliphatic rings. The van der Waals surface area contributed by atoms with Gasteiger partial charge in [0.1, 0.15) is 5.78 Å². The van der Waals surface area contributed by atoms with Gasteiger partial charge in [0.25, 0.3) is 0 Å². The van der Waals surface area contributed by atoms with E-state index in [4.69, 9.17) is 0 Å². The summed E-state index contributed by atoms with van der Waals surface area (Å²) in [6.07, 6.45) is 4.11. The van der Waals surface area contributed by atoms with Gasteiger partial charge in [-0.2, -0.15) is 0 Å². The first-order valence-electron chi connectivity index (χ1n) is 3.48. The molecule has 0 N–H and O–H groups in total. The largest absolute Gasteiger partial charge is 0.299 e. The molecule has 1 unspecified atom stereocenters. The Morgan fingerprint density at radius 1 is 1.50 bits per heavy atom. The molecule has 0 aliphatic carbocycles. The van der Waals surface area contributed by atoms with Gasteiger partial charge in [-0.1, -0.05) is 13.3 Å². The van der Waals surface area contributed by atoms with Crippen LogP contribution in [-0.2, 0) is 15.6 Å². The Morgan fingerprint density at radius 2 is 2.10 bits per heavy atom. The average Bonchev–Trinajstić information content (AvgIpc) is 1.82. The molecule has 2 nitrogen and oxygen atoms in total. The summed E-state index contributed by atoms with van der Waals surface area (Å²) >= 11 is 0. The molecular formula is C7H14O2S. The fourth-order valence-electron chi connectivity index (χ4n) is 0.673. The summed E-state index contributed by atoms with van der Waals surface area (Å²) in [6.45, 7) is 2.04. The molecule has 60 valence electrons. The highest BCUT2D eigenvalue weighted by Crippen LogP contribution is 1.95. The maximum absolute atomic E-state index is 10.8. The normalized spacial score (nSPS) is 13.0. The van der Waals surface area contributed by atoms with E-state index in [1.54, 1.807) is 6.26 Å². The Balaban J connectivity index is 3.35. The first kappa shape index (κ1) is 9.82. The zero-order chi connectivity index (χ0) is 7.98. The molecule has 0 saturated heterocycles. The lowest BCUT2D eigenvalue weighted by Gasteiger charge is -1.94. The Kier molecular flexibility index (Phi) is 5.49. The van der Waals surface area contributed by atoms with E-state index in [2.05, 4.69) is 0 Å². The third-order valence-corrected chi connectivity index (χ3v) is 1.90. The van der Waals surface area contributed by atoms with Gasteiger partial charge in [0, 0.05) is 23.5 Å². The lowest BCUT2D eigenvalue weighted by Crippen LogP contribution is -2.08. The molecule has 0 aliphatic heterocycles. The van der Waals surface area contributed by atoms with Crippen molar-refractivity contribution in [3.05, 3.63) is 0 Å². The standard InChI is InChI=1S/C7H14O2S/c1-3-4-5-7(8)6-10(2)9/h3-6H2,1-2H3. The van der Waals surface area contributed by atoms with Crippen molar-refractivity contribution in [2.75, 3.05) is 12.0 Å². The summed E-state index contributed by atoms with van der Waals surface area (Å²) in [5.74, 6) is 0.364. The van der Waals surface area contributed by atoms with Crippen LogP contribution in [0.3, 0.4) is 0 Å². The van der Waals surface area contributed by atoms with Crippen LogP contribution in [0.4, 0.5) is 0 Å². The van der Waals surface area contributed by atoms with Gasteiger partial charge in [-0.15, -0.1) is 0 Å². The van der Waals surface area contributed by atoms with E-state index in [1.807, 2.05) is 6.92 Å². The smallest absolute Gasteiger partial charge is 0.145 e. The first-order chi connectivity index (χ1) is 4.66. The molecule has 0 fully saturated rings.